The van der Waals surface area contributed by atoms with Crippen LogP contribution in [0.3, 0.4) is 0 Å². The van der Waals surface area contributed by atoms with Crippen molar-refractivity contribution in [1.82, 2.24) is 10.2 Å². The second kappa shape index (κ2) is 6.16. The molecule has 122 valence electrons. The van der Waals surface area contributed by atoms with Crippen molar-refractivity contribution >= 4 is 35.1 Å². The summed E-state index contributed by atoms with van der Waals surface area (Å²) in [6.07, 6.45) is 1.51. The molecule has 3 rings (SSSR count). The van der Waals surface area contributed by atoms with E-state index in [1.807, 2.05) is 0 Å². The van der Waals surface area contributed by atoms with Gasteiger partial charge in [0, 0.05) is 19.5 Å². The van der Waals surface area contributed by atoms with Crippen LogP contribution in [0.1, 0.15) is 18.4 Å². The van der Waals surface area contributed by atoms with Gasteiger partial charge in [-0.2, -0.15) is 0 Å². The van der Waals surface area contributed by atoms with Crippen molar-refractivity contribution in [3.63, 3.8) is 0 Å². The summed E-state index contributed by atoms with van der Waals surface area (Å²) in [5.41, 5.74) is 1.20. The first-order chi connectivity index (χ1) is 11.0. The van der Waals surface area contributed by atoms with Gasteiger partial charge in [0.1, 0.15) is 12.4 Å². The van der Waals surface area contributed by atoms with Crippen molar-refractivity contribution in [2.24, 2.45) is 0 Å². The fourth-order valence-corrected chi connectivity index (χ4v) is 3.23. The molecule has 0 aliphatic carbocycles. The molecular formula is C15H15ClFN3O3. The van der Waals surface area contributed by atoms with E-state index in [1.165, 1.54) is 21.9 Å². The van der Waals surface area contributed by atoms with Crippen molar-refractivity contribution in [2.45, 2.75) is 19.3 Å². The van der Waals surface area contributed by atoms with Gasteiger partial charge in [0.15, 0.2) is 0 Å². The molecule has 23 heavy (non-hydrogen) atoms. The molecule has 1 fully saturated rings. The Balaban J connectivity index is 1.79. The van der Waals surface area contributed by atoms with E-state index in [0.29, 0.717) is 30.6 Å². The zero-order valence-electron chi connectivity index (χ0n) is 12.3. The average molecular weight is 340 g/mol. The van der Waals surface area contributed by atoms with Crippen molar-refractivity contribution in [2.75, 3.05) is 24.5 Å². The minimum Gasteiger partial charge on any atom is -0.315 e. The first kappa shape index (κ1) is 15.7. The molecule has 2 aliphatic heterocycles. The summed E-state index contributed by atoms with van der Waals surface area (Å²) < 4.78 is 13.5. The molecule has 6 nitrogen and oxygen atoms in total. The molecular weight excluding hydrogens is 325 g/mol. The normalized spacial score (nSPS) is 17.8. The monoisotopic (exact) mass is 339 g/mol. The van der Waals surface area contributed by atoms with Crippen LogP contribution < -0.4 is 10.2 Å². The third-order valence-electron chi connectivity index (χ3n) is 3.97. The van der Waals surface area contributed by atoms with E-state index in [2.05, 4.69) is 5.32 Å². The van der Waals surface area contributed by atoms with Gasteiger partial charge in [0.25, 0.3) is 0 Å². The van der Waals surface area contributed by atoms with Gasteiger partial charge in [-0.05, 0) is 30.5 Å². The highest BCUT2D eigenvalue weighted by molar-refractivity contribution is 6.34. The summed E-state index contributed by atoms with van der Waals surface area (Å²) in [6.45, 7) is 0.520. The molecule has 0 saturated carbocycles. The van der Waals surface area contributed by atoms with Gasteiger partial charge in [-0.1, -0.05) is 11.6 Å². The van der Waals surface area contributed by atoms with Crippen LogP contribution in [-0.4, -0.2) is 42.4 Å². The van der Waals surface area contributed by atoms with Gasteiger partial charge in [0.2, 0.25) is 11.8 Å². The molecule has 0 atom stereocenters. The van der Waals surface area contributed by atoms with Gasteiger partial charge in [-0.25, -0.2) is 9.18 Å². The number of carbonyl (C=O) groups is 3. The summed E-state index contributed by atoms with van der Waals surface area (Å²) in [6, 6.07) is 1.99. The number of amides is 4. The van der Waals surface area contributed by atoms with E-state index >= 15 is 0 Å². The molecule has 1 aromatic carbocycles. The fourth-order valence-electron chi connectivity index (χ4n) is 2.90. The van der Waals surface area contributed by atoms with E-state index < -0.39 is 11.8 Å². The second-order valence-corrected chi connectivity index (χ2v) is 5.98. The molecule has 0 bridgehead atoms. The quantitative estimate of drug-likeness (QED) is 0.891. The third-order valence-corrected chi connectivity index (χ3v) is 4.26. The van der Waals surface area contributed by atoms with Crippen LogP contribution in [0.4, 0.5) is 14.9 Å². The Kier molecular flexibility index (Phi) is 4.21. The van der Waals surface area contributed by atoms with E-state index in [4.69, 9.17) is 11.6 Å². The van der Waals surface area contributed by atoms with Gasteiger partial charge in [0.05, 0.1) is 10.7 Å². The third kappa shape index (κ3) is 3.14. The van der Waals surface area contributed by atoms with Crippen molar-refractivity contribution in [1.29, 1.82) is 0 Å². The molecule has 8 heteroatoms. The molecule has 2 aliphatic rings. The van der Waals surface area contributed by atoms with E-state index in [1.54, 1.807) is 0 Å². The smallest absolute Gasteiger partial charge is 0.315 e. The molecule has 0 aromatic heterocycles. The molecule has 0 radical (unpaired) electrons. The lowest BCUT2D eigenvalue weighted by Gasteiger charge is -2.33. The lowest BCUT2D eigenvalue weighted by atomic mass is 10.0. The van der Waals surface area contributed by atoms with Crippen LogP contribution in [-0.2, 0) is 16.0 Å². The number of urea groups is 1. The number of rotatable bonds is 2. The van der Waals surface area contributed by atoms with Crippen LogP contribution in [0.25, 0.3) is 0 Å². The molecule has 1 saturated heterocycles. The number of benzene rings is 1. The van der Waals surface area contributed by atoms with Crippen LogP contribution in [0.5, 0.6) is 0 Å². The number of hydrogen-bond donors (Lipinski definition) is 1. The standard InChI is InChI=1S/C15H15ClFN3O3/c16-11-7-10(17)6-9-2-1-4-20(14(9)11)13(22)8-19-5-3-12(21)18-15(19)23/h6-7H,1-5,8H2,(H,18,21,23). The zero-order chi connectivity index (χ0) is 16.6. The largest absolute Gasteiger partial charge is 0.324 e. The first-order valence-corrected chi connectivity index (χ1v) is 7.70. The maximum Gasteiger partial charge on any atom is 0.324 e. The van der Waals surface area contributed by atoms with E-state index in [-0.39, 0.29) is 36.3 Å². The molecule has 1 aromatic rings. The summed E-state index contributed by atoms with van der Waals surface area (Å²) in [7, 11) is 0. The topological polar surface area (TPSA) is 69.7 Å². The maximum absolute atomic E-state index is 13.5. The fraction of sp³-hybridized carbons (Fsp3) is 0.400. The van der Waals surface area contributed by atoms with Gasteiger partial charge in [-0.15, -0.1) is 0 Å². The molecule has 2 heterocycles. The lowest BCUT2D eigenvalue weighted by Crippen LogP contribution is -2.53. The number of halogens is 2. The summed E-state index contributed by atoms with van der Waals surface area (Å²) in [5, 5.41) is 2.36. The minimum absolute atomic E-state index is 0.147. The molecule has 0 spiro atoms. The Hall–Kier alpha value is -2.15. The molecule has 0 unspecified atom stereocenters. The number of anilines is 1. The van der Waals surface area contributed by atoms with Crippen LogP contribution in [0.15, 0.2) is 12.1 Å². The van der Waals surface area contributed by atoms with E-state index in [0.717, 1.165) is 0 Å². The average Bonchev–Trinajstić information content (AvgIpc) is 2.49. The highest BCUT2D eigenvalue weighted by Crippen LogP contribution is 2.35. The predicted molar refractivity (Wildman–Crippen MR) is 81.8 cm³/mol. The van der Waals surface area contributed by atoms with Gasteiger partial charge < -0.3 is 9.80 Å². The second-order valence-electron chi connectivity index (χ2n) is 5.57. The maximum atomic E-state index is 13.5. The number of aryl methyl sites for hydroxylation is 1. The lowest BCUT2D eigenvalue weighted by molar-refractivity contribution is -0.124. The number of nitrogens with one attached hydrogen (secondary N) is 1. The zero-order valence-corrected chi connectivity index (χ0v) is 13.0. The number of fused-ring (bicyclic) bond motifs is 1. The van der Waals surface area contributed by atoms with Crippen molar-refractivity contribution in [3.8, 4) is 0 Å². The Labute approximate surface area is 137 Å². The van der Waals surface area contributed by atoms with Gasteiger partial charge >= 0.3 is 6.03 Å². The Morgan fingerprint density at radius 1 is 1.26 bits per heavy atom. The Morgan fingerprint density at radius 2 is 2.04 bits per heavy atom. The van der Waals surface area contributed by atoms with Gasteiger partial charge in [-0.3, -0.25) is 14.9 Å². The summed E-state index contributed by atoms with van der Waals surface area (Å²) in [4.78, 5) is 38.2. The summed E-state index contributed by atoms with van der Waals surface area (Å²) >= 11 is 6.11. The number of nitrogens with zero attached hydrogens (tertiary/aromatic N) is 2. The molecule has 4 amide bonds. The van der Waals surface area contributed by atoms with Crippen molar-refractivity contribution < 1.29 is 18.8 Å². The predicted octanol–water partition coefficient (Wildman–Crippen LogP) is 1.70. The highest BCUT2D eigenvalue weighted by Gasteiger charge is 2.30. The number of carbonyl (C=O) groups excluding carboxylic acids is 3. The van der Waals surface area contributed by atoms with Crippen LogP contribution in [0, 0.1) is 5.82 Å². The summed E-state index contributed by atoms with van der Waals surface area (Å²) in [5.74, 6) is -1.08. The highest BCUT2D eigenvalue weighted by atomic mass is 35.5. The number of imide groups is 1. The number of hydrogen-bond acceptors (Lipinski definition) is 3. The SMILES string of the molecule is O=C1CCN(CC(=O)N2CCCc3cc(F)cc(Cl)c32)C(=O)N1. The first-order valence-electron chi connectivity index (χ1n) is 7.33. The van der Waals surface area contributed by atoms with E-state index in [9.17, 15) is 18.8 Å². The molecule has 1 N–H and O–H groups in total. The minimum atomic E-state index is -0.572. The Morgan fingerprint density at radius 3 is 2.78 bits per heavy atom. The van der Waals surface area contributed by atoms with Crippen LogP contribution >= 0.6 is 11.6 Å². The Bertz CT molecular complexity index is 695. The van der Waals surface area contributed by atoms with Crippen LogP contribution in [0.2, 0.25) is 5.02 Å². The van der Waals surface area contributed by atoms with Crippen molar-refractivity contribution in [3.05, 3.63) is 28.5 Å².